The van der Waals surface area contributed by atoms with Crippen molar-refractivity contribution < 1.29 is 9.59 Å². The van der Waals surface area contributed by atoms with Crippen LogP contribution in [0, 0.1) is 5.92 Å². The molecule has 0 radical (unpaired) electrons. The van der Waals surface area contributed by atoms with Gasteiger partial charge < -0.3 is 15.1 Å². The summed E-state index contributed by atoms with van der Waals surface area (Å²) < 4.78 is 0. The van der Waals surface area contributed by atoms with Crippen LogP contribution in [0.15, 0.2) is 67.0 Å². The van der Waals surface area contributed by atoms with Crippen molar-refractivity contribution in [1.29, 1.82) is 0 Å². The number of halogens is 1. The van der Waals surface area contributed by atoms with E-state index in [2.05, 4.69) is 27.3 Å². The molecule has 3 heterocycles. The molecule has 0 atom stereocenters. The Morgan fingerprint density at radius 3 is 2.56 bits per heavy atom. The van der Waals surface area contributed by atoms with Gasteiger partial charge in [0.15, 0.2) is 0 Å². The molecule has 34 heavy (non-hydrogen) atoms. The number of hydrogen-bond donors (Lipinski definition) is 1. The highest BCUT2D eigenvalue weighted by Gasteiger charge is 2.30. The summed E-state index contributed by atoms with van der Waals surface area (Å²) in [7, 11) is 0. The monoisotopic (exact) mass is 474 g/mol. The molecule has 5 rings (SSSR count). The second-order valence-electron chi connectivity index (χ2n) is 8.90. The van der Waals surface area contributed by atoms with Crippen molar-refractivity contribution >= 4 is 34.8 Å². The van der Waals surface area contributed by atoms with Crippen molar-refractivity contribution in [2.24, 2.45) is 5.92 Å². The molecule has 2 aliphatic rings. The van der Waals surface area contributed by atoms with Gasteiger partial charge in [0.05, 0.1) is 17.1 Å². The Labute approximate surface area is 204 Å². The lowest BCUT2D eigenvalue weighted by Crippen LogP contribution is -2.35. The highest BCUT2D eigenvalue weighted by molar-refractivity contribution is 6.35. The first-order valence-electron chi connectivity index (χ1n) is 11.7. The number of aromatic nitrogens is 1. The number of nitrogens with one attached hydrogen (secondary N) is 1. The van der Waals surface area contributed by atoms with Gasteiger partial charge in [-0.1, -0.05) is 29.8 Å². The second-order valence-corrected chi connectivity index (χ2v) is 9.30. The summed E-state index contributed by atoms with van der Waals surface area (Å²) in [6.45, 7) is 3.16. The van der Waals surface area contributed by atoms with Gasteiger partial charge in [-0.3, -0.25) is 14.6 Å². The molecule has 1 fully saturated rings. The zero-order chi connectivity index (χ0) is 23.5. The van der Waals surface area contributed by atoms with Gasteiger partial charge in [-0.25, -0.2) is 0 Å². The minimum atomic E-state index is -0.128. The maximum atomic E-state index is 12.9. The minimum Gasteiger partial charge on any atom is -0.371 e. The minimum absolute atomic E-state index is 0.113. The average molecular weight is 475 g/mol. The van der Waals surface area contributed by atoms with Crippen LogP contribution in [0.5, 0.6) is 0 Å². The molecule has 2 aromatic carbocycles. The predicted octanol–water partition coefficient (Wildman–Crippen LogP) is 4.93. The van der Waals surface area contributed by atoms with Crippen molar-refractivity contribution in [3.05, 3.63) is 88.7 Å². The summed E-state index contributed by atoms with van der Waals surface area (Å²) in [5, 5.41) is 3.52. The van der Waals surface area contributed by atoms with Gasteiger partial charge in [0.1, 0.15) is 0 Å². The van der Waals surface area contributed by atoms with Crippen LogP contribution >= 0.6 is 11.6 Å². The summed E-state index contributed by atoms with van der Waals surface area (Å²) in [6, 6.07) is 16.8. The van der Waals surface area contributed by atoms with Gasteiger partial charge in [0.2, 0.25) is 0 Å². The van der Waals surface area contributed by atoms with E-state index in [4.69, 9.17) is 11.6 Å². The number of anilines is 2. The number of pyridine rings is 1. The smallest absolute Gasteiger partial charge is 0.260 e. The van der Waals surface area contributed by atoms with E-state index in [0.29, 0.717) is 40.8 Å². The molecule has 1 saturated heterocycles. The van der Waals surface area contributed by atoms with Crippen LogP contribution in [0.4, 0.5) is 11.4 Å². The summed E-state index contributed by atoms with van der Waals surface area (Å²) in [5.41, 5.74) is 3.94. The van der Waals surface area contributed by atoms with Crippen molar-refractivity contribution in [3.63, 3.8) is 0 Å². The molecule has 0 spiro atoms. The Kier molecular flexibility index (Phi) is 6.50. The van der Waals surface area contributed by atoms with Crippen LogP contribution in [-0.2, 0) is 6.54 Å². The first kappa shape index (κ1) is 22.4. The van der Waals surface area contributed by atoms with E-state index in [1.54, 1.807) is 23.1 Å². The van der Waals surface area contributed by atoms with E-state index < -0.39 is 0 Å². The fourth-order valence-electron chi connectivity index (χ4n) is 4.87. The van der Waals surface area contributed by atoms with Crippen molar-refractivity contribution in [2.75, 3.05) is 29.4 Å². The number of nitrogens with zero attached hydrogens (tertiary/aromatic N) is 3. The normalized spacial score (nSPS) is 16.0. The quantitative estimate of drug-likeness (QED) is 0.550. The second kappa shape index (κ2) is 9.85. The molecular weight excluding hydrogens is 448 g/mol. The molecule has 3 aromatic rings. The van der Waals surface area contributed by atoms with E-state index >= 15 is 0 Å². The number of amides is 2. The summed E-state index contributed by atoms with van der Waals surface area (Å²) >= 11 is 6.24. The molecule has 1 aromatic heterocycles. The van der Waals surface area contributed by atoms with E-state index in [1.807, 2.05) is 36.7 Å². The van der Waals surface area contributed by atoms with E-state index in [1.165, 1.54) is 5.69 Å². The Morgan fingerprint density at radius 1 is 1.03 bits per heavy atom. The Morgan fingerprint density at radius 2 is 1.79 bits per heavy atom. The molecule has 1 N–H and O–H groups in total. The largest absolute Gasteiger partial charge is 0.371 e. The highest BCUT2D eigenvalue weighted by Crippen LogP contribution is 2.33. The Balaban J connectivity index is 1.14. The van der Waals surface area contributed by atoms with Crippen LogP contribution < -0.4 is 15.1 Å². The van der Waals surface area contributed by atoms with Gasteiger partial charge in [-0.2, -0.15) is 0 Å². The first-order valence-corrected chi connectivity index (χ1v) is 12.1. The number of carbonyl (C=O) groups is 2. The van der Waals surface area contributed by atoms with Crippen molar-refractivity contribution in [1.82, 2.24) is 10.3 Å². The zero-order valence-electron chi connectivity index (χ0n) is 18.9. The van der Waals surface area contributed by atoms with Crippen LogP contribution in [0.1, 0.15) is 45.5 Å². The fraction of sp³-hybridized carbons (Fsp3) is 0.296. The number of carbonyl (C=O) groups excluding carboxylic acids is 2. The van der Waals surface area contributed by atoms with Gasteiger partial charge in [0.25, 0.3) is 11.8 Å². The summed E-state index contributed by atoms with van der Waals surface area (Å²) in [4.78, 5) is 33.8. The molecule has 7 heteroatoms. The standard InChI is InChI=1S/C27H27ClN4O2/c28-24-6-2-4-21-18-32(27(34)25(21)24)23-5-1-3-20(17-23)26(33)30-14-7-19-10-15-31(16-11-19)22-8-12-29-13-9-22/h1-6,8-9,12-13,17,19H,7,10-11,14-16,18H2,(H,30,33). The Hall–Kier alpha value is -3.38. The zero-order valence-corrected chi connectivity index (χ0v) is 19.7. The molecule has 0 aliphatic carbocycles. The number of fused-ring (bicyclic) bond motifs is 1. The highest BCUT2D eigenvalue weighted by atomic mass is 35.5. The van der Waals surface area contributed by atoms with Gasteiger partial charge >= 0.3 is 0 Å². The molecule has 6 nitrogen and oxygen atoms in total. The van der Waals surface area contributed by atoms with Crippen molar-refractivity contribution in [2.45, 2.75) is 25.8 Å². The number of piperidine rings is 1. The molecule has 0 unspecified atom stereocenters. The third-order valence-corrected chi connectivity index (χ3v) is 7.10. The van der Waals surface area contributed by atoms with Gasteiger partial charge in [-0.15, -0.1) is 0 Å². The van der Waals surface area contributed by atoms with Crippen molar-refractivity contribution in [3.8, 4) is 0 Å². The van der Waals surface area contributed by atoms with Crippen LogP contribution in [-0.4, -0.2) is 36.4 Å². The number of rotatable bonds is 6. The molecule has 2 amide bonds. The van der Waals surface area contributed by atoms with E-state index in [-0.39, 0.29) is 11.8 Å². The molecular formula is C27H27ClN4O2. The van der Waals surface area contributed by atoms with E-state index in [9.17, 15) is 9.59 Å². The molecule has 0 saturated carbocycles. The lowest BCUT2D eigenvalue weighted by molar-refractivity contribution is 0.0948. The predicted molar refractivity (Wildman–Crippen MR) is 135 cm³/mol. The maximum absolute atomic E-state index is 12.9. The van der Waals surface area contributed by atoms with Crippen LogP contribution in [0.25, 0.3) is 0 Å². The summed E-state index contributed by atoms with van der Waals surface area (Å²) in [6.07, 6.45) is 6.87. The van der Waals surface area contributed by atoms with Crippen LogP contribution in [0.3, 0.4) is 0 Å². The first-order chi connectivity index (χ1) is 16.6. The topological polar surface area (TPSA) is 65.5 Å². The SMILES string of the molecule is O=C(NCCC1CCN(c2ccncc2)CC1)c1cccc(N2Cc3cccc(Cl)c3C2=O)c1. The average Bonchev–Trinajstić information content (AvgIpc) is 3.22. The number of benzene rings is 2. The van der Waals surface area contributed by atoms with Gasteiger partial charge in [-0.05, 0) is 67.1 Å². The maximum Gasteiger partial charge on any atom is 0.260 e. The van der Waals surface area contributed by atoms with Gasteiger partial charge in [0, 0.05) is 49.0 Å². The van der Waals surface area contributed by atoms with E-state index in [0.717, 1.165) is 37.9 Å². The molecule has 2 aliphatic heterocycles. The molecule has 0 bridgehead atoms. The number of hydrogen-bond acceptors (Lipinski definition) is 4. The lowest BCUT2D eigenvalue weighted by Gasteiger charge is -2.33. The lowest BCUT2D eigenvalue weighted by atomic mass is 9.93. The van der Waals surface area contributed by atoms with Crippen LogP contribution in [0.2, 0.25) is 5.02 Å². The third kappa shape index (κ3) is 4.64. The molecule has 174 valence electrons. The third-order valence-electron chi connectivity index (χ3n) is 6.79. The Bertz CT molecular complexity index is 1190. The fourth-order valence-corrected chi connectivity index (χ4v) is 5.14. The summed E-state index contributed by atoms with van der Waals surface area (Å²) in [5.74, 6) is 0.365.